The molecule has 5 nitrogen and oxygen atoms in total. The summed E-state index contributed by atoms with van der Waals surface area (Å²) in [6.45, 7) is 10.0. The number of carbonyl (C=O) groups is 1. The molecule has 0 aromatic heterocycles. The second-order valence-corrected chi connectivity index (χ2v) is 5.36. The van der Waals surface area contributed by atoms with Crippen molar-refractivity contribution in [2.45, 2.75) is 38.8 Å². The third kappa shape index (κ3) is 4.55. The fourth-order valence-corrected chi connectivity index (χ4v) is 2.43. The Labute approximate surface area is 110 Å². The molecule has 0 bridgehead atoms. The van der Waals surface area contributed by atoms with Crippen molar-refractivity contribution in [1.29, 1.82) is 0 Å². The largest absolute Gasteiger partial charge is 0.468 e. The van der Waals surface area contributed by atoms with Gasteiger partial charge in [0.1, 0.15) is 5.54 Å². The third-order valence-corrected chi connectivity index (χ3v) is 3.10. The highest BCUT2D eigenvalue weighted by atomic mass is 16.5. The van der Waals surface area contributed by atoms with Crippen LogP contribution >= 0.6 is 0 Å². The first-order valence-electron chi connectivity index (χ1n) is 6.64. The lowest BCUT2D eigenvalue weighted by atomic mass is 10.00. The van der Waals surface area contributed by atoms with Gasteiger partial charge in [-0.15, -0.1) is 0 Å². The summed E-state index contributed by atoms with van der Waals surface area (Å²) in [6.07, 6.45) is 1.01. The summed E-state index contributed by atoms with van der Waals surface area (Å²) in [5.74, 6) is -0.207. The Morgan fingerprint density at radius 3 is 2.78 bits per heavy atom. The van der Waals surface area contributed by atoms with Gasteiger partial charge in [0.2, 0.25) is 0 Å². The van der Waals surface area contributed by atoms with E-state index < -0.39 is 5.54 Å². The normalized spacial score (nSPS) is 21.4. The van der Waals surface area contributed by atoms with Crippen molar-refractivity contribution in [1.82, 2.24) is 10.2 Å². The standard InChI is InChI=1S/C13H26N2O3/c1-11(2)14-13(3,12(16)17-4)10-15-6-5-8-18-9-7-15/h11,14H,5-10H2,1-4H3. The van der Waals surface area contributed by atoms with Crippen LogP contribution in [0.3, 0.4) is 0 Å². The molecule has 18 heavy (non-hydrogen) atoms. The molecule has 106 valence electrons. The molecule has 0 spiro atoms. The van der Waals surface area contributed by atoms with Crippen LogP contribution in [0.5, 0.6) is 0 Å². The minimum atomic E-state index is -0.659. The maximum Gasteiger partial charge on any atom is 0.327 e. The quantitative estimate of drug-likeness (QED) is 0.733. The molecule has 1 atom stereocenters. The summed E-state index contributed by atoms with van der Waals surface area (Å²) in [6, 6.07) is 0.234. The Kier molecular flexibility index (Phi) is 6.05. The van der Waals surface area contributed by atoms with Crippen LogP contribution in [0.2, 0.25) is 0 Å². The molecule has 0 saturated carbocycles. The van der Waals surface area contributed by atoms with E-state index >= 15 is 0 Å². The van der Waals surface area contributed by atoms with E-state index in [0.29, 0.717) is 6.54 Å². The molecule has 1 unspecified atom stereocenters. The number of rotatable bonds is 5. The van der Waals surface area contributed by atoms with E-state index in [-0.39, 0.29) is 12.0 Å². The minimum Gasteiger partial charge on any atom is -0.468 e. The summed E-state index contributed by atoms with van der Waals surface area (Å²) < 4.78 is 10.4. The van der Waals surface area contributed by atoms with E-state index in [2.05, 4.69) is 10.2 Å². The lowest BCUT2D eigenvalue weighted by Gasteiger charge is -2.34. The SMILES string of the molecule is COC(=O)C(C)(CN1CCCOCC1)NC(C)C. The van der Waals surface area contributed by atoms with E-state index in [9.17, 15) is 4.79 Å². The number of esters is 1. The van der Waals surface area contributed by atoms with Crippen LogP contribution in [0, 0.1) is 0 Å². The first-order chi connectivity index (χ1) is 8.48. The van der Waals surface area contributed by atoms with Crippen molar-refractivity contribution in [2.24, 2.45) is 0 Å². The Balaban J connectivity index is 2.67. The molecule has 0 aromatic carbocycles. The van der Waals surface area contributed by atoms with Crippen LogP contribution < -0.4 is 5.32 Å². The molecular weight excluding hydrogens is 232 g/mol. The molecule has 0 radical (unpaired) electrons. The molecule has 1 fully saturated rings. The van der Waals surface area contributed by atoms with Crippen LogP contribution in [0.15, 0.2) is 0 Å². The maximum absolute atomic E-state index is 12.0. The number of methoxy groups -OCH3 is 1. The third-order valence-electron chi connectivity index (χ3n) is 3.10. The molecule has 0 aromatic rings. The van der Waals surface area contributed by atoms with Gasteiger partial charge in [-0.25, -0.2) is 0 Å². The number of hydrogen-bond donors (Lipinski definition) is 1. The summed E-state index contributed by atoms with van der Waals surface area (Å²) in [7, 11) is 1.44. The van der Waals surface area contributed by atoms with Crippen LogP contribution in [0.25, 0.3) is 0 Å². The molecule has 1 heterocycles. The molecule has 0 aliphatic carbocycles. The van der Waals surface area contributed by atoms with E-state index in [0.717, 1.165) is 32.7 Å². The number of nitrogens with one attached hydrogen (secondary N) is 1. The molecule has 1 N–H and O–H groups in total. The van der Waals surface area contributed by atoms with E-state index in [1.807, 2.05) is 20.8 Å². The fraction of sp³-hybridized carbons (Fsp3) is 0.923. The number of nitrogens with zero attached hydrogens (tertiary/aromatic N) is 1. The molecule has 5 heteroatoms. The Morgan fingerprint density at radius 2 is 2.17 bits per heavy atom. The van der Waals surface area contributed by atoms with Gasteiger partial charge in [-0.1, -0.05) is 0 Å². The predicted molar refractivity (Wildman–Crippen MR) is 70.6 cm³/mol. The van der Waals surface area contributed by atoms with Crippen LogP contribution in [0.1, 0.15) is 27.2 Å². The minimum absolute atomic E-state index is 0.207. The zero-order valence-electron chi connectivity index (χ0n) is 12.0. The van der Waals surface area contributed by atoms with Gasteiger partial charge in [-0.2, -0.15) is 0 Å². The van der Waals surface area contributed by atoms with E-state index in [4.69, 9.17) is 9.47 Å². The van der Waals surface area contributed by atoms with Crippen molar-refractivity contribution in [3.63, 3.8) is 0 Å². The Morgan fingerprint density at radius 1 is 1.44 bits per heavy atom. The van der Waals surface area contributed by atoms with Gasteiger partial charge in [0.05, 0.1) is 13.7 Å². The first kappa shape index (κ1) is 15.4. The maximum atomic E-state index is 12.0. The van der Waals surface area contributed by atoms with Gasteiger partial charge < -0.3 is 9.47 Å². The smallest absolute Gasteiger partial charge is 0.327 e. The van der Waals surface area contributed by atoms with Crippen LogP contribution in [0.4, 0.5) is 0 Å². The van der Waals surface area contributed by atoms with Crippen LogP contribution in [-0.2, 0) is 14.3 Å². The summed E-state index contributed by atoms with van der Waals surface area (Å²) in [5.41, 5.74) is -0.659. The zero-order valence-corrected chi connectivity index (χ0v) is 12.0. The summed E-state index contributed by atoms with van der Waals surface area (Å²) >= 11 is 0. The Hall–Kier alpha value is -0.650. The molecule has 1 aliphatic rings. The number of ether oxygens (including phenoxy) is 2. The monoisotopic (exact) mass is 258 g/mol. The molecule has 1 saturated heterocycles. The lowest BCUT2D eigenvalue weighted by Crippen LogP contribution is -2.59. The molecule has 1 aliphatic heterocycles. The highest BCUT2D eigenvalue weighted by molar-refractivity contribution is 5.80. The van der Waals surface area contributed by atoms with Crippen molar-refractivity contribution < 1.29 is 14.3 Å². The molecule has 0 amide bonds. The van der Waals surface area contributed by atoms with Crippen molar-refractivity contribution >= 4 is 5.97 Å². The lowest BCUT2D eigenvalue weighted by molar-refractivity contribution is -0.149. The van der Waals surface area contributed by atoms with E-state index in [1.54, 1.807) is 0 Å². The fourth-order valence-electron chi connectivity index (χ4n) is 2.43. The van der Waals surface area contributed by atoms with E-state index in [1.165, 1.54) is 7.11 Å². The first-order valence-corrected chi connectivity index (χ1v) is 6.64. The highest BCUT2D eigenvalue weighted by Gasteiger charge is 2.36. The van der Waals surface area contributed by atoms with Crippen molar-refractivity contribution in [3.8, 4) is 0 Å². The topological polar surface area (TPSA) is 50.8 Å². The number of carbonyl (C=O) groups excluding carboxylic acids is 1. The summed E-state index contributed by atoms with van der Waals surface area (Å²) in [4.78, 5) is 14.2. The molecule has 1 rings (SSSR count). The van der Waals surface area contributed by atoms with Crippen LogP contribution in [-0.4, -0.2) is 62.4 Å². The second kappa shape index (κ2) is 7.07. The van der Waals surface area contributed by atoms with Gasteiger partial charge in [-0.05, 0) is 27.2 Å². The van der Waals surface area contributed by atoms with Gasteiger partial charge in [-0.3, -0.25) is 15.0 Å². The molecular formula is C13H26N2O3. The van der Waals surface area contributed by atoms with Gasteiger partial charge in [0, 0.05) is 32.3 Å². The van der Waals surface area contributed by atoms with Crippen molar-refractivity contribution in [3.05, 3.63) is 0 Å². The zero-order chi connectivity index (χ0) is 13.6. The average molecular weight is 258 g/mol. The highest BCUT2D eigenvalue weighted by Crippen LogP contribution is 2.12. The summed E-state index contributed by atoms with van der Waals surface area (Å²) in [5, 5.41) is 3.32. The number of hydrogen-bond acceptors (Lipinski definition) is 5. The van der Waals surface area contributed by atoms with Gasteiger partial charge >= 0.3 is 5.97 Å². The average Bonchev–Trinajstić information content (AvgIpc) is 2.55. The van der Waals surface area contributed by atoms with Gasteiger partial charge in [0.15, 0.2) is 0 Å². The van der Waals surface area contributed by atoms with Crippen molar-refractivity contribution in [2.75, 3.05) is 40.0 Å². The Bertz CT molecular complexity index is 263. The predicted octanol–water partition coefficient (Wildman–Crippen LogP) is 0.638. The second-order valence-electron chi connectivity index (χ2n) is 5.36. The van der Waals surface area contributed by atoms with Gasteiger partial charge in [0.25, 0.3) is 0 Å².